The first kappa shape index (κ1) is 12.2. The molecule has 0 unspecified atom stereocenters. The lowest BCUT2D eigenvalue weighted by atomic mass is 10.2. The van der Waals surface area contributed by atoms with E-state index >= 15 is 0 Å². The van der Waals surface area contributed by atoms with E-state index in [2.05, 4.69) is 5.32 Å². The highest BCUT2D eigenvalue weighted by Gasteiger charge is 2.05. The second-order valence-corrected chi connectivity index (χ2v) is 4.74. The van der Waals surface area contributed by atoms with Crippen LogP contribution >= 0.6 is 11.3 Å². The molecule has 6 heteroatoms. The van der Waals surface area contributed by atoms with Crippen LogP contribution in [-0.2, 0) is 13.6 Å². The van der Waals surface area contributed by atoms with E-state index in [-0.39, 0.29) is 11.4 Å². The van der Waals surface area contributed by atoms with Crippen molar-refractivity contribution in [2.24, 2.45) is 7.05 Å². The fraction of sp³-hybridized carbons (Fsp3) is 0.364. The molecule has 0 amide bonds. The minimum atomic E-state index is -2.34. The summed E-state index contributed by atoms with van der Waals surface area (Å²) < 4.78 is 26.3. The third-order valence-electron chi connectivity index (χ3n) is 2.48. The van der Waals surface area contributed by atoms with Crippen molar-refractivity contribution >= 4 is 21.6 Å². The number of benzene rings is 1. The van der Waals surface area contributed by atoms with Gasteiger partial charge < -0.3 is 9.88 Å². The average molecular weight is 258 g/mol. The van der Waals surface area contributed by atoms with E-state index in [4.69, 9.17) is 0 Å². The van der Waals surface area contributed by atoms with E-state index in [1.54, 1.807) is 11.6 Å². The molecule has 0 aliphatic rings. The van der Waals surface area contributed by atoms with Gasteiger partial charge in [-0.2, -0.15) is 0 Å². The Balaban J connectivity index is 2.18. The van der Waals surface area contributed by atoms with E-state index in [0.717, 1.165) is 27.1 Å². The summed E-state index contributed by atoms with van der Waals surface area (Å²) in [7, 11) is 1.72. The first-order valence-corrected chi connectivity index (χ1v) is 5.97. The maximum absolute atomic E-state index is 11.9. The van der Waals surface area contributed by atoms with E-state index in [9.17, 15) is 13.6 Å². The van der Waals surface area contributed by atoms with E-state index in [1.807, 2.05) is 18.2 Å². The predicted molar refractivity (Wildman–Crippen MR) is 64.8 cm³/mol. The Bertz CT molecular complexity index is 576. The van der Waals surface area contributed by atoms with Crippen molar-refractivity contribution in [3.63, 3.8) is 0 Å². The molecule has 0 bridgehead atoms. The summed E-state index contributed by atoms with van der Waals surface area (Å²) in [5, 5.41) is 2.66. The van der Waals surface area contributed by atoms with Gasteiger partial charge in [0.1, 0.15) is 0 Å². The van der Waals surface area contributed by atoms with Crippen molar-refractivity contribution in [3.8, 4) is 0 Å². The number of alkyl halides is 2. The topological polar surface area (TPSA) is 34.0 Å². The van der Waals surface area contributed by atoms with Crippen molar-refractivity contribution in [1.29, 1.82) is 0 Å². The molecule has 1 aromatic heterocycles. The number of aromatic nitrogens is 1. The van der Waals surface area contributed by atoms with E-state index < -0.39 is 6.43 Å². The molecule has 2 rings (SSSR count). The molecule has 0 aliphatic carbocycles. The molecule has 17 heavy (non-hydrogen) atoms. The van der Waals surface area contributed by atoms with Crippen molar-refractivity contribution < 1.29 is 8.78 Å². The summed E-state index contributed by atoms with van der Waals surface area (Å²) in [4.78, 5) is 11.4. The highest BCUT2D eigenvalue weighted by atomic mass is 32.1. The van der Waals surface area contributed by atoms with Crippen LogP contribution in [0.25, 0.3) is 10.2 Å². The number of nitrogens with zero attached hydrogens (tertiary/aromatic N) is 1. The van der Waals surface area contributed by atoms with Crippen LogP contribution in [0.4, 0.5) is 8.78 Å². The predicted octanol–water partition coefficient (Wildman–Crippen LogP) is 1.95. The van der Waals surface area contributed by atoms with Crippen LogP contribution in [0, 0.1) is 0 Å². The third kappa shape index (κ3) is 2.70. The van der Waals surface area contributed by atoms with Gasteiger partial charge >= 0.3 is 4.87 Å². The van der Waals surface area contributed by atoms with Crippen LogP contribution in [0.3, 0.4) is 0 Å². The number of fused-ring (bicyclic) bond motifs is 1. The lowest BCUT2D eigenvalue weighted by molar-refractivity contribution is 0.145. The van der Waals surface area contributed by atoms with Crippen LogP contribution < -0.4 is 10.2 Å². The Morgan fingerprint density at radius 1 is 1.47 bits per heavy atom. The number of hydrogen-bond donors (Lipinski definition) is 1. The van der Waals surface area contributed by atoms with Gasteiger partial charge in [-0.05, 0) is 17.7 Å². The average Bonchev–Trinajstić information content (AvgIpc) is 2.54. The summed E-state index contributed by atoms with van der Waals surface area (Å²) in [6.45, 7) is 0.0686. The van der Waals surface area contributed by atoms with Crippen LogP contribution in [0.15, 0.2) is 23.0 Å². The number of hydrogen-bond acceptors (Lipinski definition) is 3. The van der Waals surface area contributed by atoms with E-state index in [0.29, 0.717) is 6.54 Å². The minimum Gasteiger partial charge on any atom is -0.307 e. The molecule has 3 nitrogen and oxygen atoms in total. The molecular weight excluding hydrogens is 246 g/mol. The lowest BCUT2D eigenvalue weighted by Crippen LogP contribution is -2.20. The molecular formula is C11H12F2N2OS. The highest BCUT2D eigenvalue weighted by molar-refractivity contribution is 7.16. The fourth-order valence-corrected chi connectivity index (χ4v) is 2.56. The van der Waals surface area contributed by atoms with Gasteiger partial charge in [0.25, 0.3) is 6.43 Å². The molecule has 0 radical (unpaired) electrons. The molecule has 1 heterocycles. The Hall–Kier alpha value is -1.27. The zero-order valence-electron chi connectivity index (χ0n) is 9.24. The summed E-state index contributed by atoms with van der Waals surface area (Å²) in [5.41, 5.74) is 1.78. The molecule has 0 saturated heterocycles. The van der Waals surface area contributed by atoms with Crippen LogP contribution in [0.2, 0.25) is 0 Å². The molecule has 0 spiro atoms. The van der Waals surface area contributed by atoms with Gasteiger partial charge in [-0.1, -0.05) is 17.4 Å². The van der Waals surface area contributed by atoms with Gasteiger partial charge in [-0.25, -0.2) is 8.78 Å². The second-order valence-electron chi connectivity index (χ2n) is 3.75. The number of aryl methyl sites for hydroxylation is 1. The SMILES string of the molecule is Cn1c(=O)sc2cc(CNCC(F)F)ccc21. The monoisotopic (exact) mass is 258 g/mol. The van der Waals surface area contributed by atoms with Crippen molar-refractivity contribution in [3.05, 3.63) is 33.4 Å². The van der Waals surface area contributed by atoms with Crippen LogP contribution in [0.1, 0.15) is 5.56 Å². The molecule has 0 aliphatic heterocycles. The first-order valence-electron chi connectivity index (χ1n) is 5.15. The summed E-state index contributed by atoms with van der Waals surface area (Å²) in [6.07, 6.45) is -2.34. The molecule has 0 fully saturated rings. The molecule has 2 aromatic rings. The molecule has 1 N–H and O–H groups in total. The Morgan fingerprint density at radius 3 is 2.94 bits per heavy atom. The molecule has 0 atom stereocenters. The minimum absolute atomic E-state index is 0.0160. The van der Waals surface area contributed by atoms with Gasteiger partial charge in [0, 0.05) is 13.6 Å². The Kier molecular flexibility index (Phi) is 3.54. The third-order valence-corrected chi connectivity index (χ3v) is 3.48. The number of thiazole rings is 1. The van der Waals surface area contributed by atoms with Crippen molar-refractivity contribution in [1.82, 2.24) is 9.88 Å². The smallest absolute Gasteiger partial charge is 0.307 e. The fourth-order valence-electron chi connectivity index (χ4n) is 1.61. The maximum Gasteiger partial charge on any atom is 0.307 e. The molecule has 92 valence electrons. The van der Waals surface area contributed by atoms with Gasteiger partial charge in [-0.3, -0.25) is 4.79 Å². The van der Waals surface area contributed by atoms with Gasteiger partial charge in [0.05, 0.1) is 16.8 Å². The second kappa shape index (κ2) is 4.93. The van der Waals surface area contributed by atoms with Crippen molar-refractivity contribution in [2.45, 2.75) is 13.0 Å². The number of halogens is 2. The highest BCUT2D eigenvalue weighted by Crippen LogP contribution is 2.18. The zero-order valence-corrected chi connectivity index (χ0v) is 10.1. The summed E-state index contributed by atoms with van der Waals surface area (Å²) >= 11 is 1.16. The normalized spacial score (nSPS) is 11.5. The quantitative estimate of drug-likeness (QED) is 0.909. The van der Waals surface area contributed by atoms with Gasteiger partial charge in [0.15, 0.2) is 0 Å². The maximum atomic E-state index is 11.9. The number of nitrogens with one attached hydrogen (secondary N) is 1. The Labute approximate surface area is 101 Å². The summed E-state index contributed by atoms with van der Waals surface area (Å²) in [6, 6.07) is 5.54. The van der Waals surface area contributed by atoms with Gasteiger partial charge in [-0.15, -0.1) is 0 Å². The number of rotatable bonds is 4. The van der Waals surface area contributed by atoms with Crippen LogP contribution in [-0.4, -0.2) is 17.5 Å². The standard InChI is InChI=1S/C11H12F2N2OS/c1-15-8-3-2-7(5-14-6-10(12)13)4-9(8)17-11(15)16/h2-4,10,14H,5-6H2,1H3. The Morgan fingerprint density at radius 2 is 2.24 bits per heavy atom. The molecule has 1 aromatic carbocycles. The lowest BCUT2D eigenvalue weighted by Gasteiger charge is -2.04. The molecule has 0 saturated carbocycles. The first-order chi connectivity index (χ1) is 8.08. The van der Waals surface area contributed by atoms with Crippen LogP contribution in [0.5, 0.6) is 0 Å². The van der Waals surface area contributed by atoms with Gasteiger partial charge in [0.2, 0.25) is 0 Å². The van der Waals surface area contributed by atoms with Crippen molar-refractivity contribution in [2.75, 3.05) is 6.54 Å². The summed E-state index contributed by atoms with van der Waals surface area (Å²) in [5.74, 6) is 0. The zero-order chi connectivity index (χ0) is 12.4. The largest absolute Gasteiger partial charge is 0.307 e. The van der Waals surface area contributed by atoms with E-state index in [1.165, 1.54) is 0 Å².